The van der Waals surface area contributed by atoms with E-state index in [-0.39, 0.29) is 19.5 Å². The monoisotopic (exact) mass is 702 g/mol. The highest BCUT2D eigenvalue weighted by molar-refractivity contribution is 7.89. The van der Waals surface area contributed by atoms with Crippen LogP contribution in [0.25, 0.3) is 0 Å². The van der Waals surface area contributed by atoms with Crippen LogP contribution in [0, 0.1) is 43.4 Å². The Kier molecular flexibility index (Phi) is 26.8. The molecule has 8 nitrogen and oxygen atoms in total. The lowest BCUT2D eigenvalue weighted by Crippen LogP contribution is -2.47. The van der Waals surface area contributed by atoms with E-state index in [1.165, 1.54) is 68.8 Å². The standard InChI is InChI=1S/C25H41FN4O4S.C7H14.C7H8/c1-6-9-11-12-14-22(13-8-3)20-27-25(32)23(15-10-7-2)28-24(31)16-19-35(33,34)30(5)18-17-29(4)21-26;2*1-7-5-3-2-4-6-7/h1-2,10,15,22-23H,8-9,11-14,16-21H2,3-5H3,(H,27,32)(H,28,31);7H,2-6H2,1H3;2-6H,1H3. The number of nitrogens with zero attached hydrogens (tertiary/aromatic N) is 2. The number of terminal acetylenes is 2. The first-order valence-electron chi connectivity index (χ1n) is 17.7. The van der Waals surface area contributed by atoms with Crippen molar-refractivity contribution in [2.75, 3.05) is 46.3 Å². The number of amides is 2. The second kappa shape index (κ2) is 28.6. The molecule has 0 aliphatic heterocycles. The summed E-state index contributed by atoms with van der Waals surface area (Å²) in [6, 6.07) is 9.25. The van der Waals surface area contributed by atoms with Crippen LogP contribution < -0.4 is 10.6 Å². The largest absolute Gasteiger partial charge is 0.354 e. The van der Waals surface area contributed by atoms with Crippen molar-refractivity contribution in [1.82, 2.24) is 19.8 Å². The van der Waals surface area contributed by atoms with Crippen molar-refractivity contribution in [2.24, 2.45) is 11.8 Å². The topological polar surface area (TPSA) is 98.8 Å². The molecule has 2 amide bonds. The summed E-state index contributed by atoms with van der Waals surface area (Å²) < 4.78 is 38.4. The summed E-state index contributed by atoms with van der Waals surface area (Å²) in [5.41, 5.74) is 1.32. The average Bonchev–Trinajstić information content (AvgIpc) is 3.09. The Bertz CT molecular complexity index is 1240. The van der Waals surface area contributed by atoms with E-state index in [4.69, 9.17) is 12.8 Å². The van der Waals surface area contributed by atoms with Gasteiger partial charge in [0.25, 0.3) is 0 Å². The van der Waals surface area contributed by atoms with Gasteiger partial charge in [0.15, 0.2) is 0 Å². The first-order chi connectivity index (χ1) is 23.4. The number of alkyl halides is 1. The zero-order chi connectivity index (χ0) is 36.9. The molecule has 2 N–H and O–H groups in total. The number of carbonyl (C=O) groups is 2. The third-order valence-electron chi connectivity index (χ3n) is 8.33. The normalized spacial score (nSPS) is 14.4. The molecule has 0 heterocycles. The van der Waals surface area contributed by atoms with Crippen LogP contribution in [0.5, 0.6) is 0 Å². The third-order valence-corrected chi connectivity index (χ3v) is 10.2. The molecule has 1 aliphatic carbocycles. The van der Waals surface area contributed by atoms with E-state index in [1.807, 2.05) is 18.2 Å². The molecule has 0 spiro atoms. The van der Waals surface area contributed by atoms with Crippen molar-refractivity contribution >= 4 is 21.8 Å². The molecule has 1 aromatic carbocycles. The molecular formula is C39H63FN4O4S. The minimum Gasteiger partial charge on any atom is -0.354 e. The van der Waals surface area contributed by atoms with Crippen LogP contribution in [0.2, 0.25) is 0 Å². The molecule has 0 saturated heterocycles. The number of nitrogens with one attached hydrogen (secondary N) is 2. The number of aryl methyl sites for hydroxylation is 1. The molecular weight excluding hydrogens is 640 g/mol. The Labute approximate surface area is 298 Å². The maximum absolute atomic E-state index is 12.7. The van der Waals surface area contributed by atoms with Crippen molar-refractivity contribution in [1.29, 1.82) is 0 Å². The Balaban J connectivity index is 0.00000133. The van der Waals surface area contributed by atoms with Crippen LogP contribution in [-0.4, -0.2) is 81.8 Å². The fourth-order valence-electron chi connectivity index (χ4n) is 5.10. The molecule has 10 heteroatoms. The predicted molar refractivity (Wildman–Crippen MR) is 202 cm³/mol. The molecule has 0 radical (unpaired) electrons. The van der Waals surface area contributed by atoms with Gasteiger partial charge in [0.2, 0.25) is 21.8 Å². The van der Waals surface area contributed by atoms with Crippen molar-refractivity contribution in [3.63, 3.8) is 0 Å². The van der Waals surface area contributed by atoms with Crippen LogP contribution in [-0.2, 0) is 19.6 Å². The van der Waals surface area contributed by atoms with E-state index in [9.17, 15) is 22.4 Å². The lowest BCUT2D eigenvalue weighted by atomic mass is 9.91. The van der Waals surface area contributed by atoms with Crippen LogP contribution in [0.4, 0.5) is 4.39 Å². The summed E-state index contributed by atoms with van der Waals surface area (Å²) in [6.07, 6.45) is 25.9. The number of halogens is 1. The molecule has 2 rings (SSSR count). The highest BCUT2D eigenvalue weighted by Crippen LogP contribution is 2.22. The van der Waals surface area contributed by atoms with E-state index in [2.05, 4.69) is 55.4 Å². The molecule has 1 aliphatic rings. The molecule has 1 aromatic rings. The van der Waals surface area contributed by atoms with E-state index >= 15 is 0 Å². The first kappa shape index (κ1) is 45.8. The van der Waals surface area contributed by atoms with Crippen molar-refractivity contribution in [3.8, 4) is 24.7 Å². The number of allylic oxidation sites excluding steroid dienone is 1. The molecule has 1 fully saturated rings. The molecule has 2 unspecified atom stereocenters. The number of sulfonamides is 1. The second-order valence-electron chi connectivity index (χ2n) is 12.9. The fourth-order valence-corrected chi connectivity index (χ4v) is 6.21. The van der Waals surface area contributed by atoms with Crippen LogP contribution in [0.3, 0.4) is 0 Å². The van der Waals surface area contributed by atoms with E-state index in [0.717, 1.165) is 48.7 Å². The SMILES string of the molecule is C#CC=CC(NC(=O)CCS(=O)(=O)N(C)CCN(C)CF)C(=O)NCC(CCC)CCCCC#C.CC1CCCCC1.Cc1ccccc1. The highest BCUT2D eigenvalue weighted by atomic mass is 32.2. The van der Waals surface area contributed by atoms with Crippen molar-refractivity contribution < 1.29 is 22.4 Å². The fraction of sp³-hybridized carbons (Fsp3) is 0.641. The number of hydrogen-bond acceptors (Lipinski definition) is 5. The third kappa shape index (κ3) is 24.6. The number of benzene rings is 1. The van der Waals surface area contributed by atoms with Crippen LogP contribution in [0.1, 0.15) is 96.5 Å². The Morgan fingerprint density at radius 3 is 2.24 bits per heavy atom. The molecule has 2 atom stereocenters. The van der Waals surface area contributed by atoms with Crippen molar-refractivity contribution in [2.45, 2.75) is 104 Å². The van der Waals surface area contributed by atoms with Gasteiger partial charge in [-0.05, 0) is 57.2 Å². The van der Waals surface area contributed by atoms with E-state index in [0.29, 0.717) is 12.5 Å². The van der Waals surface area contributed by atoms with E-state index in [1.54, 1.807) is 0 Å². The van der Waals surface area contributed by atoms with Gasteiger partial charge in [0, 0.05) is 39.5 Å². The number of carbonyl (C=O) groups excluding carboxylic acids is 2. The quantitative estimate of drug-likeness (QED) is 0.0978. The summed E-state index contributed by atoms with van der Waals surface area (Å²) >= 11 is 0. The van der Waals surface area contributed by atoms with Gasteiger partial charge in [-0.2, -0.15) is 0 Å². The molecule has 1 saturated carbocycles. The summed E-state index contributed by atoms with van der Waals surface area (Å²) in [7, 11) is -0.799. The number of likely N-dealkylation sites (N-methyl/N-ethyl adjacent to an activating group) is 2. The van der Waals surface area contributed by atoms with Gasteiger partial charge in [0.05, 0.1) is 5.75 Å². The van der Waals surface area contributed by atoms with Gasteiger partial charge in [-0.1, -0.05) is 101 Å². The second-order valence-corrected chi connectivity index (χ2v) is 15.1. The van der Waals surface area contributed by atoms with Gasteiger partial charge in [-0.15, -0.1) is 18.8 Å². The summed E-state index contributed by atoms with van der Waals surface area (Å²) in [6.45, 7) is 6.63. The lowest BCUT2D eigenvalue weighted by Gasteiger charge is -2.21. The summed E-state index contributed by atoms with van der Waals surface area (Å²) in [4.78, 5) is 26.5. The molecule has 0 bridgehead atoms. The summed E-state index contributed by atoms with van der Waals surface area (Å²) in [5.74, 6) is 4.81. The van der Waals surface area contributed by atoms with Crippen LogP contribution >= 0.6 is 0 Å². The molecule has 0 aromatic heterocycles. The summed E-state index contributed by atoms with van der Waals surface area (Å²) in [5, 5.41) is 5.41. The van der Waals surface area contributed by atoms with Crippen LogP contribution in [0.15, 0.2) is 42.5 Å². The maximum atomic E-state index is 12.7. The molecule has 276 valence electrons. The zero-order valence-corrected chi connectivity index (χ0v) is 31.6. The Morgan fingerprint density at radius 2 is 1.73 bits per heavy atom. The average molecular weight is 703 g/mol. The maximum Gasteiger partial charge on any atom is 0.246 e. The first-order valence-corrected chi connectivity index (χ1v) is 19.3. The number of unbranched alkanes of at least 4 members (excludes halogenated alkanes) is 2. The lowest BCUT2D eigenvalue weighted by molar-refractivity contribution is -0.127. The zero-order valence-electron chi connectivity index (χ0n) is 30.8. The highest BCUT2D eigenvalue weighted by Gasteiger charge is 2.23. The number of hydrogen-bond donors (Lipinski definition) is 2. The van der Waals surface area contributed by atoms with Gasteiger partial charge in [-0.3, -0.25) is 14.5 Å². The predicted octanol–water partition coefficient (Wildman–Crippen LogP) is 6.48. The Hall–Kier alpha value is -3.18. The minimum atomic E-state index is -3.71. The van der Waals surface area contributed by atoms with Gasteiger partial charge < -0.3 is 10.6 Å². The van der Waals surface area contributed by atoms with Gasteiger partial charge in [0.1, 0.15) is 12.8 Å². The van der Waals surface area contributed by atoms with Gasteiger partial charge in [-0.25, -0.2) is 17.1 Å². The molecule has 49 heavy (non-hydrogen) atoms. The van der Waals surface area contributed by atoms with Gasteiger partial charge >= 0.3 is 0 Å². The number of rotatable bonds is 19. The van der Waals surface area contributed by atoms with Crippen molar-refractivity contribution in [3.05, 3.63) is 48.0 Å². The minimum absolute atomic E-state index is 0.0992. The smallest absolute Gasteiger partial charge is 0.246 e. The Morgan fingerprint density at radius 1 is 1.06 bits per heavy atom. The van der Waals surface area contributed by atoms with E-state index < -0.39 is 40.4 Å².